The third-order valence-electron chi connectivity index (χ3n) is 2.57. The monoisotopic (exact) mass is 199 g/mol. The van der Waals surface area contributed by atoms with Crippen molar-refractivity contribution in [2.24, 2.45) is 0 Å². The molecule has 0 radical (unpaired) electrons. The first-order chi connectivity index (χ1) is 6.47. The Morgan fingerprint density at radius 2 is 2.21 bits per heavy atom. The Kier molecular flexibility index (Phi) is 3.13. The SMILES string of the molecule is CCOC(=O)CN1C(=O)CCC1(C)C. The Labute approximate surface area is 84.2 Å². The topological polar surface area (TPSA) is 46.6 Å². The van der Waals surface area contributed by atoms with Gasteiger partial charge in [0.15, 0.2) is 0 Å². The molecule has 1 rings (SSSR count). The fourth-order valence-corrected chi connectivity index (χ4v) is 1.66. The molecule has 0 saturated carbocycles. The second-order valence-corrected chi connectivity index (χ2v) is 4.10. The summed E-state index contributed by atoms with van der Waals surface area (Å²) in [6.45, 7) is 6.14. The Morgan fingerprint density at radius 1 is 1.57 bits per heavy atom. The van der Waals surface area contributed by atoms with Gasteiger partial charge < -0.3 is 9.64 Å². The summed E-state index contributed by atoms with van der Waals surface area (Å²) in [7, 11) is 0. The van der Waals surface area contributed by atoms with Crippen molar-refractivity contribution in [3.8, 4) is 0 Å². The van der Waals surface area contributed by atoms with E-state index in [1.807, 2.05) is 13.8 Å². The van der Waals surface area contributed by atoms with Crippen LogP contribution in [0.5, 0.6) is 0 Å². The standard InChI is InChI=1S/C10H17NO3/c1-4-14-9(13)7-11-8(12)5-6-10(11,2)3/h4-7H2,1-3H3. The molecule has 0 N–H and O–H groups in total. The van der Waals surface area contributed by atoms with E-state index in [-0.39, 0.29) is 24.0 Å². The van der Waals surface area contributed by atoms with E-state index in [1.54, 1.807) is 11.8 Å². The van der Waals surface area contributed by atoms with Crippen LogP contribution in [0, 0.1) is 0 Å². The first kappa shape index (κ1) is 11.0. The number of esters is 1. The lowest BCUT2D eigenvalue weighted by atomic mass is 10.0. The van der Waals surface area contributed by atoms with Crippen molar-refractivity contribution in [1.82, 2.24) is 4.90 Å². The van der Waals surface area contributed by atoms with Crippen LogP contribution >= 0.6 is 0 Å². The number of carbonyl (C=O) groups is 2. The third-order valence-corrected chi connectivity index (χ3v) is 2.57. The summed E-state index contributed by atoms with van der Waals surface area (Å²) >= 11 is 0. The first-order valence-electron chi connectivity index (χ1n) is 4.93. The second-order valence-electron chi connectivity index (χ2n) is 4.10. The van der Waals surface area contributed by atoms with Gasteiger partial charge in [-0.05, 0) is 27.2 Å². The van der Waals surface area contributed by atoms with Gasteiger partial charge in [0.05, 0.1) is 6.61 Å². The van der Waals surface area contributed by atoms with Crippen LogP contribution in [0.15, 0.2) is 0 Å². The molecule has 0 bridgehead atoms. The van der Waals surface area contributed by atoms with E-state index in [0.717, 1.165) is 6.42 Å². The van der Waals surface area contributed by atoms with E-state index < -0.39 is 0 Å². The molecule has 1 heterocycles. The lowest BCUT2D eigenvalue weighted by molar-refractivity contribution is -0.149. The maximum Gasteiger partial charge on any atom is 0.325 e. The Bertz CT molecular complexity index is 248. The smallest absolute Gasteiger partial charge is 0.325 e. The van der Waals surface area contributed by atoms with Crippen molar-refractivity contribution in [3.05, 3.63) is 0 Å². The van der Waals surface area contributed by atoms with Crippen molar-refractivity contribution in [3.63, 3.8) is 0 Å². The van der Waals surface area contributed by atoms with Gasteiger partial charge >= 0.3 is 5.97 Å². The number of amides is 1. The van der Waals surface area contributed by atoms with E-state index in [4.69, 9.17) is 4.74 Å². The highest BCUT2D eigenvalue weighted by molar-refractivity contribution is 5.84. The normalized spacial score (nSPS) is 19.9. The van der Waals surface area contributed by atoms with Gasteiger partial charge in [0, 0.05) is 12.0 Å². The van der Waals surface area contributed by atoms with Crippen molar-refractivity contribution in [2.45, 2.75) is 39.2 Å². The highest BCUT2D eigenvalue weighted by Crippen LogP contribution is 2.28. The van der Waals surface area contributed by atoms with Crippen LogP contribution < -0.4 is 0 Å². The van der Waals surface area contributed by atoms with E-state index in [9.17, 15) is 9.59 Å². The molecule has 0 aromatic rings. The first-order valence-corrected chi connectivity index (χ1v) is 4.93. The van der Waals surface area contributed by atoms with Gasteiger partial charge in [0.1, 0.15) is 6.54 Å². The molecule has 0 atom stereocenters. The molecular formula is C10H17NO3. The molecule has 0 aromatic heterocycles. The molecule has 0 aliphatic carbocycles. The van der Waals surface area contributed by atoms with Crippen molar-refractivity contribution in [2.75, 3.05) is 13.2 Å². The average molecular weight is 199 g/mol. The molecule has 1 aliphatic heterocycles. The van der Waals surface area contributed by atoms with Crippen molar-refractivity contribution in [1.29, 1.82) is 0 Å². The van der Waals surface area contributed by atoms with E-state index in [2.05, 4.69) is 0 Å². The number of hydrogen-bond acceptors (Lipinski definition) is 3. The molecule has 1 amide bonds. The summed E-state index contributed by atoms with van der Waals surface area (Å²) in [5.74, 6) is -0.279. The van der Waals surface area contributed by atoms with Gasteiger partial charge in [-0.25, -0.2) is 0 Å². The number of likely N-dealkylation sites (tertiary alicyclic amines) is 1. The summed E-state index contributed by atoms with van der Waals surface area (Å²) in [4.78, 5) is 24.3. The van der Waals surface area contributed by atoms with Gasteiger partial charge in [-0.2, -0.15) is 0 Å². The molecule has 4 nitrogen and oxygen atoms in total. The molecule has 4 heteroatoms. The van der Waals surface area contributed by atoms with Crippen LogP contribution in [0.25, 0.3) is 0 Å². The summed E-state index contributed by atoms with van der Waals surface area (Å²) in [6, 6.07) is 0. The molecule has 0 unspecified atom stereocenters. The maximum atomic E-state index is 11.4. The lowest BCUT2D eigenvalue weighted by Crippen LogP contribution is -2.44. The molecule has 1 aliphatic rings. The van der Waals surface area contributed by atoms with Gasteiger partial charge in [0.2, 0.25) is 5.91 Å². The van der Waals surface area contributed by atoms with Crippen LogP contribution in [0.3, 0.4) is 0 Å². The highest BCUT2D eigenvalue weighted by Gasteiger charge is 2.38. The van der Waals surface area contributed by atoms with Gasteiger partial charge in [-0.1, -0.05) is 0 Å². The molecule has 0 spiro atoms. The van der Waals surface area contributed by atoms with E-state index in [0.29, 0.717) is 13.0 Å². The average Bonchev–Trinajstić information content (AvgIpc) is 2.32. The summed E-state index contributed by atoms with van der Waals surface area (Å²) in [5, 5.41) is 0. The Hall–Kier alpha value is -1.06. The molecule has 1 saturated heterocycles. The summed E-state index contributed by atoms with van der Waals surface area (Å²) in [6.07, 6.45) is 1.34. The van der Waals surface area contributed by atoms with Gasteiger partial charge in [-0.15, -0.1) is 0 Å². The summed E-state index contributed by atoms with van der Waals surface area (Å²) in [5.41, 5.74) is -0.205. The summed E-state index contributed by atoms with van der Waals surface area (Å²) < 4.78 is 4.81. The third kappa shape index (κ3) is 2.25. The van der Waals surface area contributed by atoms with Crippen LogP contribution in [0.4, 0.5) is 0 Å². The van der Waals surface area contributed by atoms with E-state index in [1.165, 1.54) is 0 Å². The minimum absolute atomic E-state index is 0.0445. The Balaban J connectivity index is 2.58. The zero-order chi connectivity index (χ0) is 10.8. The van der Waals surface area contributed by atoms with E-state index >= 15 is 0 Å². The Morgan fingerprint density at radius 3 is 2.64 bits per heavy atom. The van der Waals surface area contributed by atoms with Gasteiger partial charge in [-0.3, -0.25) is 9.59 Å². The number of nitrogens with zero attached hydrogens (tertiary/aromatic N) is 1. The van der Waals surface area contributed by atoms with Crippen molar-refractivity contribution < 1.29 is 14.3 Å². The maximum absolute atomic E-state index is 11.4. The second kappa shape index (κ2) is 3.98. The zero-order valence-corrected chi connectivity index (χ0v) is 9.00. The number of rotatable bonds is 3. The quantitative estimate of drug-likeness (QED) is 0.636. The highest BCUT2D eigenvalue weighted by atomic mass is 16.5. The number of ether oxygens (including phenoxy) is 1. The van der Waals surface area contributed by atoms with Crippen LogP contribution in [-0.4, -0.2) is 35.5 Å². The molecular weight excluding hydrogens is 182 g/mol. The van der Waals surface area contributed by atoms with Crippen LogP contribution in [0.1, 0.15) is 33.6 Å². The van der Waals surface area contributed by atoms with Crippen LogP contribution in [-0.2, 0) is 14.3 Å². The predicted octanol–water partition coefficient (Wildman–Crippen LogP) is 0.950. The molecule has 0 aromatic carbocycles. The predicted molar refractivity (Wildman–Crippen MR) is 51.7 cm³/mol. The largest absolute Gasteiger partial charge is 0.465 e. The molecule has 80 valence electrons. The lowest BCUT2D eigenvalue weighted by Gasteiger charge is -2.30. The minimum atomic E-state index is -0.323. The van der Waals surface area contributed by atoms with Crippen molar-refractivity contribution >= 4 is 11.9 Å². The zero-order valence-electron chi connectivity index (χ0n) is 9.00. The van der Waals surface area contributed by atoms with Crippen LogP contribution in [0.2, 0.25) is 0 Å². The van der Waals surface area contributed by atoms with Gasteiger partial charge in [0.25, 0.3) is 0 Å². The molecule has 1 fully saturated rings. The number of carbonyl (C=O) groups excluding carboxylic acids is 2. The minimum Gasteiger partial charge on any atom is -0.465 e. The fraction of sp³-hybridized carbons (Fsp3) is 0.800. The number of hydrogen-bond donors (Lipinski definition) is 0. The fourth-order valence-electron chi connectivity index (χ4n) is 1.66. The molecule has 14 heavy (non-hydrogen) atoms.